The second-order valence-corrected chi connectivity index (χ2v) is 4.98. The number of urea groups is 1. The number of hydrogen-bond acceptors (Lipinski definition) is 3. The summed E-state index contributed by atoms with van der Waals surface area (Å²) in [5.74, 6) is 0. The van der Waals surface area contributed by atoms with Crippen molar-refractivity contribution in [2.75, 3.05) is 33.1 Å². The summed E-state index contributed by atoms with van der Waals surface area (Å²) in [7, 11) is 5.31. The molecule has 0 fully saturated rings. The van der Waals surface area contributed by atoms with Gasteiger partial charge in [0.1, 0.15) is 0 Å². The van der Waals surface area contributed by atoms with Gasteiger partial charge in [0, 0.05) is 25.9 Å². The van der Waals surface area contributed by atoms with E-state index in [4.69, 9.17) is 4.74 Å². The normalized spacial score (nSPS) is 13.7. The Hall–Kier alpha value is -1.59. The third-order valence-electron chi connectivity index (χ3n) is 3.48. The van der Waals surface area contributed by atoms with Crippen molar-refractivity contribution in [3.8, 4) is 0 Å². The third-order valence-corrected chi connectivity index (χ3v) is 3.48. The number of nitrogens with one attached hydrogen (secondary N) is 2. The van der Waals surface area contributed by atoms with Crippen molar-refractivity contribution in [3.63, 3.8) is 0 Å². The van der Waals surface area contributed by atoms with E-state index in [-0.39, 0.29) is 12.1 Å². The predicted octanol–water partition coefficient (Wildman–Crippen LogP) is 2.47. The number of ether oxygens (including phenoxy) is 1. The fraction of sp³-hybridized carbons (Fsp3) is 0.533. The minimum Gasteiger partial charge on any atom is -0.383 e. The molecule has 112 valence electrons. The molecule has 0 heterocycles. The lowest BCUT2D eigenvalue weighted by Crippen LogP contribution is -2.40. The number of carbonyl (C=O) groups excluding carboxylic acids is 1. The van der Waals surface area contributed by atoms with Gasteiger partial charge >= 0.3 is 6.03 Å². The minimum absolute atomic E-state index is 0.0311. The van der Waals surface area contributed by atoms with Crippen LogP contribution in [0.2, 0.25) is 0 Å². The number of anilines is 1. The number of nitrogens with zero attached hydrogens (tertiary/aromatic N) is 1. The quantitative estimate of drug-likeness (QED) is 0.841. The van der Waals surface area contributed by atoms with Gasteiger partial charge in [0.2, 0.25) is 0 Å². The van der Waals surface area contributed by atoms with Gasteiger partial charge in [0.15, 0.2) is 0 Å². The van der Waals surface area contributed by atoms with Crippen LogP contribution >= 0.6 is 0 Å². The van der Waals surface area contributed by atoms with Crippen molar-refractivity contribution in [2.45, 2.75) is 25.9 Å². The second-order valence-electron chi connectivity index (χ2n) is 4.98. The fourth-order valence-electron chi connectivity index (χ4n) is 1.79. The molecule has 2 N–H and O–H groups in total. The van der Waals surface area contributed by atoms with Crippen LogP contribution in [0.15, 0.2) is 24.3 Å². The van der Waals surface area contributed by atoms with Crippen LogP contribution in [0.4, 0.5) is 10.5 Å². The zero-order chi connectivity index (χ0) is 15.1. The summed E-state index contributed by atoms with van der Waals surface area (Å²) in [4.78, 5) is 13.7. The lowest BCUT2D eigenvalue weighted by Gasteiger charge is -2.24. The maximum absolute atomic E-state index is 12.1. The van der Waals surface area contributed by atoms with Crippen LogP contribution in [0.25, 0.3) is 0 Å². The van der Waals surface area contributed by atoms with Gasteiger partial charge in [0.05, 0.1) is 12.6 Å². The molecule has 0 aliphatic carbocycles. The average molecular weight is 279 g/mol. The van der Waals surface area contributed by atoms with Gasteiger partial charge in [-0.05, 0) is 38.6 Å². The van der Waals surface area contributed by atoms with E-state index in [1.807, 2.05) is 38.2 Å². The molecule has 5 heteroatoms. The fourth-order valence-corrected chi connectivity index (χ4v) is 1.79. The number of likely N-dealkylation sites (N-methyl/N-ethyl adjacent to an activating group) is 1. The van der Waals surface area contributed by atoms with Crippen LogP contribution in [0.1, 0.15) is 25.5 Å². The molecule has 2 atom stereocenters. The Bertz CT molecular complexity index is 420. The molecule has 1 rings (SSSR count). The second kappa shape index (κ2) is 7.87. The molecule has 0 saturated carbocycles. The van der Waals surface area contributed by atoms with Crippen molar-refractivity contribution in [2.24, 2.45) is 0 Å². The number of amides is 2. The summed E-state index contributed by atoms with van der Waals surface area (Å²) in [6, 6.07) is 8.04. The summed E-state index contributed by atoms with van der Waals surface area (Å²) in [6.45, 7) is 4.55. The van der Waals surface area contributed by atoms with E-state index in [2.05, 4.69) is 17.6 Å². The topological polar surface area (TPSA) is 53.6 Å². The molecule has 0 spiro atoms. The van der Waals surface area contributed by atoms with E-state index in [0.29, 0.717) is 12.6 Å². The number of benzene rings is 1. The van der Waals surface area contributed by atoms with E-state index in [9.17, 15) is 4.79 Å². The van der Waals surface area contributed by atoms with Gasteiger partial charge in [-0.1, -0.05) is 12.1 Å². The zero-order valence-electron chi connectivity index (χ0n) is 12.9. The number of rotatable bonds is 6. The molecule has 0 radical (unpaired) electrons. The van der Waals surface area contributed by atoms with Crippen molar-refractivity contribution in [1.29, 1.82) is 0 Å². The number of hydrogen-bond donors (Lipinski definition) is 2. The first-order valence-electron chi connectivity index (χ1n) is 6.79. The molecule has 0 aromatic heterocycles. The van der Waals surface area contributed by atoms with Gasteiger partial charge in [0.25, 0.3) is 0 Å². The van der Waals surface area contributed by atoms with Crippen LogP contribution in [0.5, 0.6) is 0 Å². The van der Waals surface area contributed by atoms with Gasteiger partial charge in [-0.25, -0.2) is 4.79 Å². The molecule has 0 saturated heterocycles. The lowest BCUT2D eigenvalue weighted by molar-refractivity contribution is 0.128. The Balaban J connectivity index is 2.62. The monoisotopic (exact) mass is 279 g/mol. The van der Waals surface area contributed by atoms with Crippen LogP contribution in [0, 0.1) is 0 Å². The molecule has 1 aromatic carbocycles. The molecule has 0 aliphatic heterocycles. The molecule has 0 aliphatic rings. The molecular weight excluding hydrogens is 254 g/mol. The van der Waals surface area contributed by atoms with E-state index >= 15 is 0 Å². The standard InChI is InChI=1S/C15H25N3O2/c1-11(10-20-5)18(4)15(19)17-14-8-6-13(7-9-14)12(2)16-3/h6-9,11-12,16H,10H2,1-5H3,(H,17,19). The summed E-state index contributed by atoms with van der Waals surface area (Å²) in [5.41, 5.74) is 1.98. The molecule has 1 aromatic rings. The SMILES string of the molecule is CNC(C)c1ccc(NC(=O)N(C)C(C)COC)cc1. The van der Waals surface area contributed by atoms with Crippen LogP contribution < -0.4 is 10.6 Å². The minimum atomic E-state index is -0.135. The first-order chi connectivity index (χ1) is 9.49. The molecule has 2 unspecified atom stereocenters. The Labute approximate surface area is 121 Å². The smallest absolute Gasteiger partial charge is 0.321 e. The highest BCUT2D eigenvalue weighted by atomic mass is 16.5. The maximum atomic E-state index is 12.1. The predicted molar refractivity (Wildman–Crippen MR) is 82.0 cm³/mol. The highest BCUT2D eigenvalue weighted by Crippen LogP contribution is 2.16. The van der Waals surface area contributed by atoms with Gasteiger partial charge < -0.3 is 20.3 Å². The first kappa shape index (κ1) is 16.5. The van der Waals surface area contributed by atoms with Crippen molar-refractivity contribution in [1.82, 2.24) is 10.2 Å². The maximum Gasteiger partial charge on any atom is 0.321 e. The Morgan fingerprint density at radius 3 is 2.40 bits per heavy atom. The summed E-state index contributed by atoms with van der Waals surface area (Å²) in [6.07, 6.45) is 0. The van der Waals surface area contributed by atoms with E-state index < -0.39 is 0 Å². The van der Waals surface area contributed by atoms with Gasteiger partial charge in [-0.2, -0.15) is 0 Å². The largest absolute Gasteiger partial charge is 0.383 e. The zero-order valence-corrected chi connectivity index (χ0v) is 12.9. The molecular formula is C15H25N3O2. The van der Waals surface area contributed by atoms with Gasteiger partial charge in [-0.15, -0.1) is 0 Å². The first-order valence-corrected chi connectivity index (χ1v) is 6.79. The molecule has 5 nitrogen and oxygen atoms in total. The van der Waals surface area contributed by atoms with E-state index in [0.717, 1.165) is 5.69 Å². The van der Waals surface area contributed by atoms with Gasteiger partial charge in [-0.3, -0.25) is 0 Å². The number of carbonyl (C=O) groups is 1. The summed E-state index contributed by atoms with van der Waals surface area (Å²) in [5, 5.41) is 6.06. The van der Waals surface area contributed by atoms with Crippen molar-refractivity contribution < 1.29 is 9.53 Å². The lowest BCUT2D eigenvalue weighted by atomic mass is 10.1. The molecule has 0 bridgehead atoms. The van der Waals surface area contributed by atoms with Crippen molar-refractivity contribution >= 4 is 11.7 Å². The van der Waals surface area contributed by atoms with E-state index in [1.165, 1.54) is 5.56 Å². The van der Waals surface area contributed by atoms with Crippen molar-refractivity contribution in [3.05, 3.63) is 29.8 Å². The highest BCUT2D eigenvalue weighted by molar-refractivity contribution is 5.89. The Morgan fingerprint density at radius 1 is 1.30 bits per heavy atom. The van der Waals surface area contributed by atoms with Crippen LogP contribution in [-0.4, -0.2) is 44.8 Å². The Morgan fingerprint density at radius 2 is 1.90 bits per heavy atom. The summed E-state index contributed by atoms with van der Waals surface area (Å²) < 4.78 is 5.05. The Kier molecular flexibility index (Phi) is 6.48. The van der Waals surface area contributed by atoms with Crippen LogP contribution in [0.3, 0.4) is 0 Å². The average Bonchev–Trinajstić information content (AvgIpc) is 2.46. The molecule has 20 heavy (non-hydrogen) atoms. The highest BCUT2D eigenvalue weighted by Gasteiger charge is 2.15. The molecule has 2 amide bonds. The summed E-state index contributed by atoms with van der Waals surface area (Å²) >= 11 is 0. The van der Waals surface area contributed by atoms with E-state index in [1.54, 1.807) is 19.1 Å². The third kappa shape index (κ3) is 4.51. The number of methoxy groups -OCH3 is 1. The van der Waals surface area contributed by atoms with Crippen LogP contribution in [-0.2, 0) is 4.74 Å².